The molecule has 3 rings (SSSR count). The molecule has 0 fully saturated rings. The number of rotatable bonds is 7. The molecule has 3 aromatic rings. The maximum Gasteiger partial charge on any atom is 0.276 e. The maximum atomic E-state index is 13.0. The molecule has 0 atom stereocenters. The van der Waals surface area contributed by atoms with Gasteiger partial charge in [-0.1, -0.05) is 72.0 Å². The molecule has 0 saturated heterocycles. The molecule has 26 heavy (non-hydrogen) atoms. The Morgan fingerprint density at radius 2 is 1.69 bits per heavy atom. The van der Waals surface area contributed by atoms with Crippen molar-refractivity contribution in [3.63, 3.8) is 0 Å². The first kappa shape index (κ1) is 17.6. The maximum absolute atomic E-state index is 13.0. The number of nitrogens with zero attached hydrogens (tertiary/aromatic N) is 4. The van der Waals surface area contributed by atoms with E-state index in [0.717, 1.165) is 16.8 Å². The third kappa shape index (κ3) is 4.06. The fraction of sp³-hybridized carbons (Fsp3) is 0.190. The molecule has 0 aliphatic heterocycles. The van der Waals surface area contributed by atoms with Gasteiger partial charge in [0.2, 0.25) is 0 Å². The van der Waals surface area contributed by atoms with Crippen LogP contribution in [0.15, 0.2) is 73.3 Å². The van der Waals surface area contributed by atoms with Crippen LogP contribution in [-0.2, 0) is 13.1 Å². The van der Waals surface area contributed by atoms with E-state index in [-0.39, 0.29) is 5.91 Å². The van der Waals surface area contributed by atoms with E-state index in [1.807, 2.05) is 67.6 Å². The van der Waals surface area contributed by atoms with Gasteiger partial charge in [-0.3, -0.25) is 4.79 Å². The van der Waals surface area contributed by atoms with Crippen LogP contribution in [0.4, 0.5) is 0 Å². The summed E-state index contributed by atoms with van der Waals surface area (Å²) in [6.07, 6.45) is 1.73. The van der Waals surface area contributed by atoms with Crippen molar-refractivity contribution < 1.29 is 4.79 Å². The molecule has 1 amide bonds. The summed E-state index contributed by atoms with van der Waals surface area (Å²) in [5.74, 6) is -0.134. The Kier molecular flexibility index (Phi) is 5.59. The first-order valence-electron chi connectivity index (χ1n) is 8.57. The van der Waals surface area contributed by atoms with Crippen molar-refractivity contribution in [3.05, 3.63) is 95.8 Å². The van der Waals surface area contributed by atoms with Gasteiger partial charge in [-0.05, 0) is 18.1 Å². The van der Waals surface area contributed by atoms with E-state index in [1.54, 1.807) is 15.7 Å². The molecule has 0 saturated carbocycles. The van der Waals surface area contributed by atoms with E-state index in [4.69, 9.17) is 0 Å². The summed E-state index contributed by atoms with van der Waals surface area (Å²) in [5, 5.41) is 8.32. The predicted octanol–water partition coefficient (Wildman–Crippen LogP) is 3.46. The van der Waals surface area contributed by atoms with Crippen molar-refractivity contribution in [1.29, 1.82) is 0 Å². The minimum Gasteiger partial charge on any atom is -0.329 e. The number of benzene rings is 2. The molecule has 0 spiro atoms. The highest BCUT2D eigenvalue weighted by Crippen LogP contribution is 2.13. The number of carbonyl (C=O) groups is 1. The highest BCUT2D eigenvalue weighted by atomic mass is 16.2. The fourth-order valence-electron chi connectivity index (χ4n) is 2.79. The Hall–Kier alpha value is -3.21. The molecule has 5 heteroatoms. The van der Waals surface area contributed by atoms with Crippen LogP contribution in [0.2, 0.25) is 0 Å². The van der Waals surface area contributed by atoms with E-state index in [2.05, 4.69) is 16.9 Å². The lowest BCUT2D eigenvalue weighted by Gasteiger charge is -2.20. The van der Waals surface area contributed by atoms with Gasteiger partial charge in [0.05, 0.1) is 12.2 Å². The van der Waals surface area contributed by atoms with Crippen molar-refractivity contribution >= 4 is 5.91 Å². The van der Waals surface area contributed by atoms with E-state index in [9.17, 15) is 4.79 Å². The normalized spacial score (nSPS) is 10.5. The van der Waals surface area contributed by atoms with Crippen molar-refractivity contribution in [1.82, 2.24) is 19.9 Å². The summed E-state index contributed by atoms with van der Waals surface area (Å²) in [5.41, 5.74) is 3.34. The number of aromatic nitrogens is 3. The standard InChI is InChI=1S/C21H22N4O/c1-3-14-24(15-18-10-6-4-7-11-18)21(26)20-17(2)25(23-22-20)16-19-12-8-5-9-13-19/h3-13H,1,14-16H2,2H3. The summed E-state index contributed by atoms with van der Waals surface area (Å²) in [6.45, 7) is 7.20. The van der Waals surface area contributed by atoms with Crippen molar-refractivity contribution in [2.75, 3.05) is 6.54 Å². The Bertz CT molecular complexity index is 872. The summed E-state index contributed by atoms with van der Waals surface area (Å²) in [4.78, 5) is 14.7. The molecule has 0 radical (unpaired) electrons. The molecular formula is C21H22N4O. The van der Waals surface area contributed by atoms with Crippen LogP contribution in [-0.4, -0.2) is 32.3 Å². The lowest BCUT2D eigenvalue weighted by Crippen LogP contribution is -2.31. The van der Waals surface area contributed by atoms with Gasteiger partial charge in [-0.2, -0.15) is 0 Å². The molecule has 1 aromatic heterocycles. The minimum atomic E-state index is -0.134. The largest absolute Gasteiger partial charge is 0.329 e. The summed E-state index contributed by atoms with van der Waals surface area (Å²) in [6, 6.07) is 19.9. The van der Waals surface area contributed by atoms with Gasteiger partial charge in [-0.15, -0.1) is 11.7 Å². The molecule has 1 heterocycles. The number of carbonyl (C=O) groups excluding carboxylic acids is 1. The zero-order chi connectivity index (χ0) is 18.4. The van der Waals surface area contributed by atoms with E-state index >= 15 is 0 Å². The van der Waals surface area contributed by atoms with Crippen LogP contribution in [0.25, 0.3) is 0 Å². The van der Waals surface area contributed by atoms with E-state index in [1.165, 1.54) is 0 Å². The van der Waals surface area contributed by atoms with Crippen LogP contribution in [0, 0.1) is 6.92 Å². The Morgan fingerprint density at radius 3 is 2.31 bits per heavy atom. The van der Waals surface area contributed by atoms with Crippen molar-refractivity contribution in [2.24, 2.45) is 0 Å². The quantitative estimate of drug-likeness (QED) is 0.616. The second-order valence-corrected chi connectivity index (χ2v) is 6.13. The highest BCUT2D eigenvalue weighted by Gasteiger charge is 2.22. The van der Waals surface area contributed by atoms with E-state index in [0.29, 0.717) is 25.3 Å². The minimum absolute atomic E-state index is 0.134. The number of amides is 1. The molecule has 0 aliphatic rings. The summed E-state index contributed by atoms with van der Waals surface area (Å²) < 4.78 is 1.76. The van der Waals surface area contributed by atoms with Gasteiger partial charge in [-0.25, -0.2) is 4.68 Å². The Labute approximate surface area is 153 Å². The van der Waals surface area contributed by atoms with Crippen LogP contribution < -0.4 is 0 Å². The average molecular weight is 346 g/mol. The lowest BCUT2D eigenvalue weighted by atomic mass is 10.2. The third-order valence-corrected chi connectivity index (χ3v) is 4.21. The molecule has 2 aromatic carbocycles. The second kappa shape index (κ2) is 8.25. The smallest absolute Gasteiger partial charge is 0.276 e. The predicted molar refractivity (Wildman–Crippen MR) is 102 cm³/mol. The molecule has 0 unspecified atom stereocenters. The summed E-state index contributed by atoms with van der Waals surface area (Å²) >= 11 is 0. The highest BCUT2D eigenvalue weighted by molar-refractivity contribution is 5.93. The van der Waals surface area contributed by atoms with Crippen molar-refractivity contribution in [3.8, 4) is 0 Å². The van der Waals surface area contributed by atoms with Gasteiger partial charge in [0.1, 0.15) is 0 Å². The SMILES string of the molecule is C=CCN(Cc1ccccc1)C(=O)c1nnn(Cc2ccccc2)c1C. The van der Waals surface area contributed by atoms with Crippen LogP contribution >= 0.6 is 0 Å². The number of hydrogen-bond donors (Lipinski definition) is 0. The fourth-order valence-corrected chi connectivity index (χ4v) is 2.79. The molecular weight excluding hydrogens is 324 g/mol. The van der Waals surface area contributed by atoms with Gasteiger partial charge in [0.25, 0.3) is 5.91 Å². The first-order chi connectivity index (χ1) is 12.7. The average Bonchev–Trinajstić information content (AvgIpc) is 3.03. The molecule has 5 nitrogen and oxygen atoms in total. The van der Waals surface area contributed by atoms with Crippen LogP contribution in [0.5, 0.6) is 0 Å². The Morgan fingerprint density at radius 1 is 1.08 bits per heavy atom. The first-order valence-corrected chi connectivity index (χ1v) is 8.57. The lowest BCUT2D eigenvalue weighted by molar-refractivity contribution is 0.0756. The van der Waals surface area contributed by atoms with Gasteiger partial charge >= 0.3 is 0 Å². The van der Waals surface area contributed by atoms with Gasteiger partial charge in [0, 0.05) is 13.1 Å². The van der Waals surface area contributed by atoms with E-state index < -0.39 is 0 Å². The molecule has 0 N–H and O–H groups in total. The molecule has 0 aliphatic carbocycles. The van der Waals surface area contributed by atoms with Crippen LogP contribution in [0.3, 0.4) is 0 Å². The summed E-state index contributed by atoms with van der Waals surface area (Å²) in [7, 11) is 0. The van der Waals surface area contributed by atoms with Crippen LogP contribution in [0.1, 0.15) is 27.3 Å². The third-order valence-electron chi connectivity index (χ3n) is 4.21. The topological polar surface area (TPSA) is 51.0 Å². The monoisotopic (exact) mass is 346 g/mol. The van der Waals surface area contributed by atoms with Gasteiger partial charge < -0.3 is 4.90 Å². The second-order valence-electron chi connectivity index (χ2n) is 6.13. The zero-order valence-electron chi connectivity index (χ0n) is 14.9. The molecule has 0 bridgehead atoms. The molecule has 132 valence electrons. The van der Waals surface area contributed by atoms with Crippen molar-refractivity contribution in [2.45, 2.75) is 20.0 Å². The van der Waals surface area contributed by atoms with Gasteiger partial charge in [0.15, 0.2) is 5.69 Å². The number of hydrogen-bond acceptors (Lipinski definition) is 3. The zero-order valence-corrected chi connectivity index (χ0v) is 14.9. The Balaban J connectivity index is 1.80.